The Labute approximate surface area is 134 Å². The van der Waals surface area contributed by atoms with Gasteiger partial charge in [-0.1, -0.05) is 29.8 Å². The highest BCUT2D eigenvalue weighted by atomic mass is 79.9. The Bertz CT molecular complexity index is 844. The van der Waals surface area contributed by atoms with Crippen molar-refractivity contribution in [2.45, 2.75) is 0 Å². The topological polar surface area (TPSA) is 46.9 Å². The van der Waals surface area contributed by atoms with Gasteiger partial charge in [0, 0.05) is 22.6 Å². The third kappa shape index (κ3) is 2.66. The zero-order chi connectivity index (χ0) is 15.0. The lowest BCUT2D eigenvalue weighted by Crippen LogP contribution is -2.13. The molecule has 1 N–H and O–H groups in total. The number of carbonyl (C=O) groups is 1. The molecule has 0 spiro atoms. The summed E-state index contributed by atoms with van der Waals surface area (Å²) in [6, 6.07) is 12.9. The largest absolute Gasteiger partial charge is 0.321 e. The number of aryl methyl sites for hydroxylation is 1. The number of benzene rings is 2. The highest BCUT2D eigenvalue weighted by Gasteiger charge is 2.16. The minimum Gasteiger partial charge on any atom is -0.321 e. The molecular formula is C15H11BrClN3O. The molecule has 0 atom stereocenters. The molecule has 0 unspecified atom stereocenters. The summed E-state index contributed by atoms with van der Waals surface area (Å²) in [5, 5.41) is 8.46. The number of hydrogen-bond donors (Lipinski definition) is 1. The maximum absolute atomic E-state index is 12.4. The second-order valence-corrected chi connectivity index (χ2v) is 5.83. The Morgan fingerprint density at radius 1 is 1.29 bits per heavy atom. The fourth-order valence-electron chi connectivity index (χ4n) is 2.15. The predicted octanol–water partition coefficient (Wildman–Crippen LogP) is 4.24. The van der Waals surface area contributed by atoms with Gasteiger partial charge in [-0.25, -0.2) is 0 Å². The summed E-state index contributed by atoms with van der Waals surface area (Å²) >= 11 is 9.34. The molecule has 2 aromatic carbocycles. The van der Waals surface area contributed by atoms with E-state index in [2.05, 4.69) is 26.3 Å². The van der Waals surface area contributed by atoms with Crippen LogP contribution in [0.5, 0.6) is 0 Å². The van der Waals surface area contributed by atoms with Crippen molar-refractivity contribution in [1.82, 2.24) is 9.78 Å². The van der Waals surface area contributed by atoms with Gasteiger partial charge in [0.2, 0.25) is 0 Å². The highest BCUT2D eigenvalue weighted by Crippen LogP contribution is 2.26. The van der Waals surface area contributed by atoms with Crippen molar-refractivity contribution in [3.8, 4) is 0 Å². The molecule has 6 heteroatoms. The van der Waals surface area contributed by atoms with Crippen LogP contribution >= 0.6 is 27.5 Å². The van der Waals surface area contributed by atoms with Gasteiger partial charge in [-0.15, -0.1) is 0 Å². The predicted molar refractivity (Wildman–Crippen MR) is 87.8 cm³/mol. The van der Waals surface area contributed by atoms with Crippen LogP contribution in [0, 0.1) is 0 Å². The fraction of sp³-hybridized carbons (Fsp3) is 0.0667. The summed E-state index contributed by atoms with van der Waals surface area (Å²) in [4.78, 5) is 12.4. The lowest BCUT2D eigenvalue weighted by Gasteiger charge is -2.05. The van der Waals surface area contributed by atoms with Crippen molar-refractivity contribution in [3.05, 3.63) is 57.7 Å². The molecule has 3 aromatic rings. The summed E-state index contributed by atoms with van der Waals surface area (Å²) in [6.07, 6.45) is 0. The molecule has 0 saturated heterocycles. The summed E-state index contributed by atoms with van der Waals surface area (Å²) in [5.74, 6) is -0.259. The first-order chi connectivity index (χ1) is 10.1. The molecule has 0 aliphatic carbocycles. The van der Waals surface area contributed by atoms with E-state index in [0.29, 0.717) is 16.4 Å². The Morgan fingerprint density at radius 3 is 2.81 bits per heavy atom. The average molecular weight is 365 g/mol. The molecule has 1 amide bonds. The summed E-state index contributed by atoms with van der Waals surface area (Å²) in [6.45, 7) is 0. The first-order valence-electron chi connectivity index (χ1n) is 6.24. The maximum Gasteiger partial charge on any atom is 0.276 e. The van der Waals surface area contributed by atoms with Crippen LogP contribution in [0.15, 0.2) is 46.9 Å². The van der Waals surface area contributed by atoms with Crippen LogP contribution in [0.1, 0.15) is 10.5 Å². The van der Waals surface area contributed by atoms with Gasteiger partial charge in [0.25, 0.3) is 5.91 Å². The molecule has 0 saturated carbocycles. The second-order valence-electron chi connectivity index (χ2n) is 4.57. The van der Waals surface area contributed by atoms with E-state index in [-0.39, 0.29) is 5.91 Å². The lowest BCUT2D eigenvalue weighted by atomic mass is 10.2. The van der Waals surface area contributed by atoms with E-state index in [1.54, 1.807) is 22.9 Å². The maximum atomic E-state index is 12.4. The number of halogens is 2. The molecule has 0 aliphatic heterocycles. The van der Waals surface area contributed by atoms with E-state index in [4.69, 9.17) is 11.6 Å². The number of rotatable bonds is 2. The molecule has 1 aromatic heterocycles. The van der Waals surface area contributed by atoms with Gasteiger partial charge >= 0.3 is 0 Å². The molecule has 106 valence electrons. The quantitative estimate of drug-likeness (QED) is 0.739. The van der Waals surface area contributed by atoms with Crippen LogP contribution in [0.3, 0.4) is 0 Å². The van der Waals surface area contributed by atoms with Crippen LogP contribution in [0.25, 0.3) is 10.9 Å². The summed E-state index contributed by atoms with van der Waals surface area (Å²) < 4.78 is 2.48. The van der Waals surface area contributed by atoms with Crippen molar-refractivity contribution in [2.75, 3.05) is 5.32 Å². The lowest BCUT2D eigenvalue weighted by molar-refractivity contribution is 0.102. The molecule has 3 rings (SSSR count). The first kappa shape index (κ1) is 14.1. The molecule has 1 heterocycles. The van der Waals surface area contributed by atoms with Crippen LogP contribution in [-0.2, 0) is 7.05 Å². The van der Waals surface area contributed by atoms with Crippen LogP contribution < -0.4 is 5.32 Å². The molecule has 0 aliphatic rings. The normalized spacial score (nSPS) is 10.8. The number of nitrogens with one attached hydrogen (secondary N) is 1. The van der Waals surface area contributed by atoms with E-state index in [1.807, 2.05) is 31.3 Å². The monoisotopic (exact) mass is 363 g/mol. The highest BCUT2D eigenvalue weighted by molar-refractivity contribution is 9.10. The van der Waals surface area contributed by atoms with Crippen molar-refractivity contribution in [1.29, 1.82) is 0 Å². The number of aromatic nitrogens is 2. The Hall–Kier alpha value is -1.85. The smallest absolute Gasteiger partial charge is 0.276 e. The number of anilines is 1. The minimum atomic E-state index is -0.259. The van der Waals surface area contributed by atoms with Gasteiger partial charge < -0.3 is 5.32 Å². The zero-order valence-corrected chi connectivity index (χ0v) is 13.4. The number of fused-ring (bicyclic) bond motifs is 1. The first-order valence-corrected chi connectivity index (χ1v) is 7.41. The number of hydrogen-bond acceptors (Lipinski definition) is 2. The fourth-order valence-corrected chi connectivity index (χ4v) is 2.57. The van der Waals surface area contributed by atoms with E-state index < -0.39 is 0 Å². The van der Waals surface area contributed by atoms with Gasteiger partial charge in [0.1, 0.15) is 0 Å². The van der Waals surface area contributed by atoms with Gasteiger partial charge in [-0.2, -0.15) is 5.10 Å². The number of nitrogens with zero attached hydrogens (tertiary/aromatic N) is 2. The van der Waals surface area contributed by atoms with Gasteiger partial charge in [0.15, 0.2) is 5.69 Å². The average Bonchev–Trinajstić information content (AvgIpc) is 2.81. The third-order valence-corrected chi connectivity index (χ3v) is 4.38. The Morgan fingerprint density at radius 2 is 2.05 bits per heavy atom. The number of para-hydroxylation sites is 1. The second kappa shape index (κ2) is 5.50. The van der Waals surface area contributed by atoms with Gasteiger partial charge in [-0.05, 0) is 40.2 Å². The number of amides is 1. The van der Waals surface area contributed by atoms with E-state index in [0.717, 1.165) is 15.4 Å². The number of carbonyl (C=O) groups excluding carboxylic acids is 1. The summed E-state index contributed by atoms with van der Waals surface area (Å²) in [7, 11) is 1.82. The van der Waals surface area contributed by atoms with Crippen molar-refractivity contribution >= 4 is 50.0 Å². The Kier molecular flexibility index (Phi) is 3.69. The minimum absolute atomic E-state index is 0.259. The van der Waals surface area contributed by atoms with Gasteiger partial charge in [-0.3, -0.25) is 9.48 Å². The molecule has 21 heavy (non-hydrogen) atoms. The van der Waals surface area contributed by atoms with Gasteiger partial charge in [0.05, 0.1) is 10.5 Å². The third-order valence-electron chi connectivity index (χ3n) is 3.15. The van der Waals surface area contributed by atoms with Crippen LogP contribution in [-0.4, -0.2) is 15.7 Å². The molecule has 4 nitrogen and oxygen atoms in total. The summed E-state index contributed by atoms with van der Waals surface area (Å²) in [5.41, 5.74) is 1.94. The van der Waals surface area contributed by atoms with Crippen LogP contribution in [0.2, 0.25) is 5.02 Å². The molecule has 0 fully saturated rings. The van der Waals surface area contributed by atoms with Crippen LogP contribution in [0.4, 0.5) is 5.69 Å². The van der Waals surface area contributed by atoms with E-state index >= 15 is 0 Å². The molecule has 0 radical (unpaired) electrons. The Balaban J connectivity index is 1.95. The van der Waals surface area contributed by atoms with E-state index in [1.165, 1.54) is 0 Å². The zero-order valence-electron chi connectivity index (χ0n) is 11.1. The van der Waals surface area contributed by atoms with E-state index in [9.17, 15) is 4.79 Å². The molecular weight excluding hydrogens is 354 g/mol. The SMILES string of the molecule is Cn1nc(C(=O)Nc2ccc(Br)c(Cl)c2)c2ccccc21. The standard InChI is InChI=1S/C15H11BrClN3O/c1-20-13-5-3-2-4-10(13)14(19-20)15(21)18-9-6-7-11(16)12(17)8-9/h2-8H,1H3,(H,18,21). The molecule has 0 bridgehead atoms. The van der Waals surface area contributed by atoms with Crippen molar-refractivity contribution in [2.24, 2.45) is 7.05 Å². The van der Waals surface area contributed by atoms with Crippen molar-refractivity contribution in [3.63, 3.8) is 0 Å². The van der Waals surface area contributed by atoms with Crippen molar-refractivity contribution < 1.29 is 4.79 Å².